The van der Waals surface area contributed by atoms with Crippen LogP contribution in [0.3, 0.4) is 0 Å². The van der Waals surface area contributed by atoms with Gasteiger partial charge in [-0.3, -0.25) is 13.9 Å². The Bertz CT molecular complexity index is 1200. The molecular weight excluding hydrogens is 566 g/mol. The van der Waals surface area contributed by atoms with E-state index in [9.17, 15) is 18.0 Å². The van der Waals surface area contributed by atoms with E-state index >= 15 is 0 Å². The van der Waals surface area contributed by atoms with Crippen LogP contribution in [0.25, 0.3) is 0 Å². The summed E-state index contributed by atoms with van der Waals surface area (Å²) in [6, 6.07) is 11.7. The normalized spacial score (nSPS) is 15.2. The zero-order chi connectivity index (χ0) is 26.5. The Hall–Kier alpha value is -2.10. The van der Waals surface area contributed by atoms with Crippen molar-refractivity contribution in [2.45, 2.75) is 64.6 Å². The highest BCUT2D eigenvalue weighted by molar-refractivity contribution is 9.10. The fourth-order valence-electron chi connectivity index (χ4n) is 4.43. The third-order valence-electron chi connectivity index (χ3n) is 6.48. The second kappa shape index (κ2) is 12.4. The lowest BCUT2D eigenvalue weighted by atomic mass is 9.95. The standard InChI is InChI=1S/C26H33BrClN3O4S/c1-18-12-13-22(28)15-24(18)31(36(3,34)35)17-25(32)30(16-20-8-7-9-21(27)14-20)19(2)26(33)29-23-10-5-4-6-11-23/h7-9,12-15,19,23H,4-6,10-11,16-17H2,1-3H3,(H,29,33)/t19-/m1/s1. The molecule has 36 heavy (non-hydrogen) atoms. The van der Waals surface area contributed by atoms with Crippen molar-refractivity contribution in [1.82, 2.24) is 10.2 Å². The molecule has 2 amide bonds. The van der Waals surface area contributed by atoms with Gasteiger partial charge in [0.2, 0.25) is 21.8 Å². The fourth-order valence-corrected chi connectivity index (χ4v) is 5.94. The third-order valence-corrected chi connectivity index (χ3v) is 8.33. The number of nitrogens with one attached hydrogen (secondary N) is 1. The molecule has 1 fully saturated rings. The number of benzene rings is 2. The first-order chi connectivity index (χ1) is 17.0. The summed E-state index contributed by atoms with van der Waals surface area (Å²) in [5.41, 5.74) is 1.82. The van der Waals surface area contributed by atoms with E-state index in [1.807, 2.05) is 24.3 Å². The van der Waals surface area contributed by atoms with Crippen molar-refractivity contribution in [3.63, 3.8) is 0 Å². The summed E-state index contributed by atoms with van der Waals surface area (Å²) >= 11 is 9.59. The second-order valence-electron chi connectivity index (χ2n) is 9.37. The minimum Gasteiger partial charge on any atom is -0.352 e. The predicted molar refractivity (Wildman–Crippen MR) is 148 cm³/mol. The van der Waals surface area contributed by atoms with E-state index in [4.69, 9.17) is 11.6 Å². The Labute approximate surface area is 227 Å². The molecule has 3 rings (SSSR count). The van der Waals surface area contributed by atoms with Crippen molar-refractivity contribution in [3.8, 4) is 0 Å². The van der Waals surface area contributed by atoms with Crippen LogP contribution in [-0.2, 0) is 26.2 Å². The summed E-state index contributed by atoms with van der Waals surface area (Å²) in [4.78, 5) is 28.3. The average Bonchev–Trinajstić information content (AvgIpc) is 2.82. The summed E-state index contributed by atoms with van der Waals surface area (Å²) in [6.07, 6.45) is 6.21. The molecule has 196 valence electrons. The number of carbonyl (C=O) groups excluding carboxylic acids is 2. The first-order valence-corrected chi connectivity index (χ1v) is 15.1. The Morgan fingerprint density at radius 3 is 2.47 bits per heavy atom. The van der Waals surface area contributed by atoms with Gasteiger partial charge in [0.15, 0.2) is 0 Å². The highest BCUT2D eigenvalue weighted by Gasteiger charge is 2.31. The number of hydrogen-bond acceptors (Lipinski definition) is 4. The van der Waals surface area contributed by atoms with Crippen LogP contribution in [0, 0.1) is 6.92 Å². The van der Waals surface area contributed by atoms with E-state index in [0.29, 0.717) is 16.3 Å². The third kappa shape index (κ3) is 7.70. The molecular formula is C26H33BrClN3O4S. The number of anilines is 1. The van der Waals surface area contributed by atoms with Crippen LogP contribution in [0.5, 0.6) is 0 Å². The van der Waals surface area contributed by atoms with E-state index in [0.717, 1.165) is 46.3 Å². The monoisotopic (exact) mass is 597 g/mol. The van der Waals surface area contributed by atoms with Crippen LogP contribution in [0.1, 0.15) is 50.2 Å². The molecule has 7 nitrogen and oxygen atoms in total. The van der Waals surface area contributed by atoms with E-state index in [2.05, 4.69) is 21.2 Å². The van der Waals surface area contributed by atoms with Crippen molar-refractivity contribution in [2.24, 2.45) is 0 Å². The fraction of sp³-hybridized carbons (Fsp3) is 0.462. The molecule has 1 N–H and O–H groups in total. The molecule has 0 saturated heterocycles. The lowest BCUT2D eigenvalue weighted by molar-refractivity contribution is -0.139. The van der Waals surface area contributed by atoms with Gasteiger partial charge in [-0.15, -0.1) is 0 Å². The number of carbonyl (C=O) groups is 2. The van der Waals surface area contributed by atoms with Crippen LogP contribution in [-0.4, -0.2) is 50.0 Å². The van der Waals surface area contributed by atoms with Crippen LogP contribution >= 0.6 is 27.5 Å². The summed E-state index contributed by atoms with van der Waals surface area (Å²) in [7, 11) is -3.81. The zero-order valence-corrected chi connectivity index (χ0v) is 24.0. The van der Waals surface area contributed by atoms with Crippen molar-refractivity contribution in [2.75, 3.05) is 17.1 Å². The number of rotatable bonds is 9. The first-order valence-electron chi connectivity index (χ1n) is 12.0. The first kappa shape index (κ1) is 28.5. The maximum absolute atomic E-state index is 13.7. The molecule has 0 heterocycles. The van der Waals surface area contributed by atoms with Crippen LogP contribution in [0.2, 0.25) is 5.02 Å². The van der Waals surface area contributed by atoms with Gasteiger partial charge in [-0.1, -0.05) is 65.0 Å². The van der Waals surface area contributed by atoms with Gasteiger partial charge in [0.05, 0.1) is 11.9 Å². The van der Waals surface area contributed by atoms with Crippen molar-refractivity contribution in [3.05, 3.63) is 63.1 Å². The highest BCUT2D eigenvalue weighted by atomic mass is 79.9. The molecule has 1 aliphatic rings. The molecule has 2 aromatic carbocycles. The lowest BCUT2D eigenvalue weighted by Crippen LogP contribution is -2.53. The van der Waals surface area contributed by atoms with Gasteiger partial charge in [-0.25, -0.2) is 8.42 Å². The van der Waals surface area contributed by atoms with Gasteiger partial charge in [-0.2, -0.15) is 0 Å². The number of hydrogen-bond donors (Lipinski definition) is 1. The van der Waals surface area contributed by atoms with Gasteiger partial charge in [0.25, 0.3) is 0 Å². The summed E-state index contributed by atoms with van der Waals surface area (Å²) in [5.74, 6) is -0.721. The van der Waals surface area contributed by atoms with Gasteiger partial charge in [0.1, 0.15) is 12.6 Å². The average molecular weight is 599 g/mol. The van der Waals surface area contributed by atoms with Gasteiger partial charge in [-0.05, 0) is 62.1 Å². The number of nitrogens with zero attached hydrogens (tertiary/aromatic N) is 2. The SMILES string of the molecule is Cc1ccc(Cl)cc1N(CC(=O)N(Cc1cccc(Br)c1)[C@H](C)C(=O)NC1CCCCC1)S(C)(=O)=O. The smallest absolute Gasteiger partial charge is 0.244 e. The van der Waals surface area contributed by atoms with Crippen molar-refractivity contribution in [1.29, 1.82) is 0 Å². The van der Waals surface area contributed by atoms with E-state index in [1.165, 1.54) is 17.4 Å². The maximum Gasteiger partial charge on any atom is 0.244 e. The second-order valence-corrected chi connectivity index (χ2v) is 12.6. The Kier molecular flexibility index (Phi) is 9.83. The van der Waals surface area contributed by atoms with E-state index < -0.39 is 28.5 Å². The van der Waals surface area contributed by atoms with E-state index in [-0.39, 0.29) is 18.5 Å². The van der Waals surface area contributed by atoms with Crippen LogP contribution < -0.4 is 9.62 Å². The molecule has 0 unspecified atom stereocenters. The van der Waals surface area contributed by atoms with Gasteiger partial charge >= 0.3 is 0 Å². The minimum atomic E-state index is -3.81. The van der Waals surface area contributed by atoms with Crippen LogP contribution in [0.4, 0.5) is 5.69 Å². The number of amides is 2. The molecule has 1 atom stereocenters. The maximum atomic E-state index is 13.7. The summed E-state index contributed by atoms with van der Waals surface area (Å²) < 4.78 is 27.4. The predicted octanol–water partition coefficient (Wildman–Crippen LogP) is 5.04. The minimum absolute atomic E-state index is 0.0955. The summed E-state index contributed by atoms with van der Waals surface area (Å²) in [5, 5.41) is 3.46. The largest absolute Gasteiger partial charge is 0.352 e. The highest BCUT2D eigenvalue weighted by Crippen LogP contribution is 2.27. The molecule has 1 aliphatic carbocycles. The molecule has 0 radical (unpaired) electrons. The lowest BCUT2D eigenvalue weighted by Gasteiger charge is -2.33. The summed E-state index contributed by atoms with van der Waals surface area (Å²) in [6.45, 7) is 3.15. The molecule has 2 aromatic rings. The molecule has 0 bridgehead atoms. The molecule has 0 spiro atoms. The van der Waals surface area contributed by atoms with Crippen molar-refractivity contribution >= 4 is 55.1 Å². The molecule has 1 saturated carbocycles. The number of aryl methyl sites for hydroxylation is 1. The number of sulfonamides is 1. The Morgan fingerprint density at radius 2 is 1.83 bits per heavy atom. The quantitative estimate of drug-likeness (QED) is 0.438. The van der Waals surface area contributed by atoms with Crippen molar-refractivity contribution < 1.29 is 18.0 Å². The molecule has 0 aromatic heterocycles. The van der Waals surface area contributed by atoms with Crippen LogP contribution in [0.15, 0.2) is 46.9 Å². The topological polar surface area (TPSA) is 86.8 Å². The number of halogens is 2. The molecule has 0 aliphatic heterocycles. The Morgan fingerprint density at radius 1 is 1.14 bits per heavy atom. The van der Waals surface area contributed by atoms with E-state index in [1.54, 1.807) is 26.0 Å². The molecule has 10 heteroatoms. The zero-order valence-electron chi connectivity index (χ0n) is 20.8. The van der Waals surface area contributed by atoms with Gasteiger partial charge < -0.3 is 10.2 Å². The Balaban J connectivity index is 1.90. The van der Waals surface area contributed by atoms with Gasteiger partial charge in [0, 0.05) is 22.1 Å².